The summed E-state index contributed by atoms with van der Waals surface area (Å²) in [4.78, 5) is 12.3. The second-order valence-corrected chi connectivity index (χ2v) is 5.80. The Labute approximate surface area is 125 Å². The van der Waals surface area contributed by atoms with Crippen molar-refractivity contribution in [1.82, 2.24) is 15.1 Å². The molecule has 0 fully saturated rings. The fourth-order valence-electron chi connectivity index (χ4n) is 3.20. The minimum absolute atomic E-state index is 0.0244. The number of carbonyl (C=O) groups excluding carboxylic acids is 1. The molecule has 1 heterocycles. The van der Waals surface area contributed by atoms with Crippen LogP contribution in [0.4, 0.5) is 0 Å². The highest BCUT2D eigenvalue weighted by atomic mass is 16.1. The van der Waals surface area contributed by atoms with E-state index in [9.17, 15) is 4.79 Å². The Morgan fingerprint density at radius 2 is 2.24 bits per heavy atom. The molecule has 4 nitrogen and oxygen atoms in total. The molecule has 0 saturated heterocycles. The number of rotatable bonds is 3. The molecule has 1 aliphatic carbocycles. The maximum Gasteiger partial charge on any atom is 0.254 e. The van der Waals surface area contributed by atoms with Gasteiger partial charge in [0.2, 0.25) is 0 Å². The zero-order chi connectivity index (χ0) is 14.8. The summed E-state index contributed by atoms with van der Waals surface area (Å²) in [5.41, 5.74) is 4.27. The molecule has 3 rings (SSSR count). The number of amides is 1. The third-order valence-electron chi connectivity index (χ3n) is 4.26. The van der Waals surface area contributed by atoms with Gasteiger partial charge in [-0.25, -0.2) is 0 Å². The van der Waals surface area contributed by atoms with Crippen LogP contribution in [0.25, 0.3) is 0 Å². The average molecular weight is 283 g/mol. The molecule has 0 aliphatic heterocycles. The van der Waals surface area contributed by atoms with Gasteiger partial charge in [-0.3, -0.25) is 9.48 Å². The number of carbonyl (C=O) groups is 1. The normalized spacial score (nSPS) is 17.3. The Balaban J connectivity index is 1.69. The number of nitrogens with one attached hydrogen (secondary N) is 1. The highest BCUT2D eigenvalue weighted by Crippen LogP contribution is 2.30. The third kappa shape index (κ3) is 2.84. The standard InChI is InChI=1S/C17H21N3O/c1-12-16(11-20(2)19-12)17(21)18-10-14-8-5-7-13-6-3-4-9-15(13)14/h3-4,6,9,11,14H,5,7-8,10H2,1-2H3,(H,18,21). The molecule has 1 amide bonds. The lowest BCUT2D eigenvalue weighted by molar-refractivity contribution is 0.0949. The Morgan fingerprint density at radius 3 is 3.00 bits per heavy atom. The van der Waals surface area contributed by atoms with E-state index < -0.39 is 0 Å². The van der Waals surface area contributed by atoms with Gasteiger partial charge >= 0.3 is 0 Å². The summed E-state index contributed by atoms with van der Waals surface area (Å²) in [7, 11) is 1.83. The van der Waals surface area contributed by atoms with Crippen molar-refractivity contribution in [3.8, 4) is 0 Å². The van der Waals surface area contributed by atoms with Crippen LogP contribution in [0, 0.1) is 6.92 Å². The van der Waals surface area contributed by atoms with Gasteiger partial charge in [-0.15, -0.1) is 0 Å². The molecule has 110 valence electrons. The SMILES string of the molecule is Cc1nn(C)cc1C(=O)NCC1CCCc2ccccc21. The number of fused-ring (bicyclic) bond motifs is 1. The van der Waals surface area contributed by atoms with Gasteiger partial charge in [0, 0.05) is 25.7 Å². The van der Waals surface area contributed by atoms with Crippen LogP contribution < -0.4 is 5.32 Å². The van der Waals surface area contributed by atoms with Crippen LogP contribution in [-0.4, -0.2) is 22.2 Å². The molecule has 1 aromatic carbocycles. The van der Waals surface area contributed by atoms with Gasteiger partial charge in [0.25, 0.3) is 5.91 Å². The first-order valence-corrected chi connectivity index (χ1v) is 7.51. The van der Waals surface area contributed by atoms with E-state index in [4.69, 9.17) is 0 Å². The first kappa shape index (κ1) is 13.9. The average Bonchev–Trinajstić information content (AvgIpc) is 2.83. The summed E-state index contributed by atoms with van der Waals surface area (Å²) in [5.74, 6) is 0.402. The highest BCUT2D eigenvalue weighted by molar-refractivity contribution is 5.95. The van der Waals surface area contributed by atoms with Gasteiger partial charge in [0.15, 0.2) is 0 Å². The number of benzene rings is 1. The molecule has 0 saturated carbocycles. The second kappa shape index (κ2) is 5.72. The lowest BCUT2D eigenvalue weighted by Gasteiger charge is -2.25. The number of hydrogen-bond acceptors (Lipinski definition) is 2. The van der Waals surface area contributed by atoms with Crippen molar-refractivity contribution in [2.24, 2.45) is 7.05 Å². The van der Waals surface area contributed by atoms with Gasteiger partial charge in [0.1, 0.15) is 0 Å². The first-order chi connectivity index (χ1) is 10.1. The van der Waals surface area contributed by atoms with Gasteiger partial charge in [-0.05, 0) is 37.3 Å². The fourth-order valence-corrected chi connectivity index (χ4v) is 3.20. The number of aryl methyl sites for hydroxylation is 3. The van der Waals surface area contributed by atoms with Crippen molar-refractivity contribution in [1.29, 1.82) is 0 Å². The van der Waals surface area contributed by atoms with Crippen LogP contribution in [0.3, 0.4) is 0 Å². The lowest BCUT2D eigenvalue weighted by atomic mass is 9.83. The third-order valence-corrected chi connectivity index (χ3v) is 4.26. The molecule has 2 aromatic rings. The summed E-state index contributed by atoms with van der Waals surface area (Å²) in [6.07, 6.45) is 5.27. The summed E-state index contributed by atoms with van der Waals surface area (Å²) in [5, 5.41) is 7.29. The molecular formula is C17H21N3O. The topological polar surface area (TPSA) is 46.9 Å². The minimum Gasteiger partial charge on any atom is -0.351 e. The van der Waals surface area contributed by atoms with Crippen LogP contribution in [0.15, 0.2) is 30.5 Å². The minimum atomic E-state index is -0.0244. The van der Waals surface area contributed by atoms with E-state index in [0.717, 1.165) is 18.5 Å². The summed E-state index contributed by atoms with van der Waals surface area (Å²) in [6.45, 7) is 2.56. The largest absolute Gasteiger partial charge is 0.351 e. The molecule has 1 unspecified atom stereocenters. The van der Waals surface area contributed by atoms with E-state index in [2.05, 4.69) is 34.7 Å². The predicted octanol–water partition coefficient (Wildman–Crippen LogP) is 2.58. The smallest absolute Gasteiger partial charge is 0.254 e. The summed E-state index contributed by atoms with van der Waals surface area (Å²) >= 11 is 0. The Morgan fingerprint density at radius 1 is 1.43 bits per heavy atom. The maximum atomic E-state index is 12.3. The lowest BCUT2D eigenvalue weighted by Crippen LogP contribution is -2.30. The molecule has 1 N–H and O–H groups in total. The van der Waals surface area contributed by atoms with E-state index in [1.807, 2.05) is 14.0 Å². The van der Waals surface area contributed by atoms with Crippen molar-refractivity contribution >= 4 is 5.91 Å². The van der Waals surface area contributed by atoms with Crippen molar-refractivity contribution < 1.29 is 4.79 Å². The number of aromatic nitrogens is 2. The fraction of sp³-hybridized carbons (Fsp3) is 0.412. The number of hydrogen-bond donors (Lipinski definition) is 1. The Hall–Kier alpha value is -2.10. The number of nitrogens with zero attached hydrogens (tertiary/aromatic N) is 2. The molecule has 1 atom stereocenters. The molecular weight excluding hydrogens is 262 g/mol. The van der Waals surface area contributed by atoms with Gasteiger partial charge in [-0.2, -0.15) is 5.10 Å². The molecule has 0 bridgehead atoms. The first-order valence-electron chi connectivity index (χ1n) is 7.51. The Kier molecular flexibility index (Phi) is 3.78. The molecule has 0 radical (unpaired) electrons. The van der Waals surface area contributed by atoms with Crippen molar-refractivity contribution in [3.63, 3.8) is 0 Å². The van der Waals surface area contributed by atoms with E-state index in [1.54, 1.807) is 10.9 Å². The van der Waals surface area contributed by atoms with Crippen LogP contribution in [0.2, 0.25) is 0 Å². The summed E-state index contributed by atoms with van der Waals surface area (Å²) in [6, 6.07) is 8.58. The zero-order valence-corrected chi connectivity index (χ0v) is 12.6. The Bertz CT molecular complexity index is 660. The van der Waals surface area contributed by atoms with Crippen LogP contribution in [0.5, 0.6) is 0 Å². The van der Waals surface area contributed by atoms with E-state index in [1.165, 1.54) is 17.5 Å². The maximum absolute atomic E-state index is 12.3. The van der Waals surface area contributed by atoms with E-state index >= 15 is 0 Å². The quantitative estimate of drug-likeness (QED) is 0.941. The molecule has 1 aromatic heterocycles. The molecule has 21 heavy (non-hydrogen) atoms. The van der Waals surface area contributed by atoms with Crippen LogP contribution in [0.1, 0.15) is 45.9 Å². The molecule has 1 aliphatic rings. The van der Waals surface area contributed by atoms with Crippen molar-refractivity contribution in [2.45, 2.75) is 32.1 Å². The van der Waals surface area contributed by atoms with E-state index in [0.29, 0.717) is 18.0 Å². The van der Waals surface area contributed by atoms with Gasteiger partial charge in [0.05, 0.1) is 11.3 Å². The second-order valence-electron chi connectivity index (χ2n) is 5.80. The van der Waals surface area contributed by atoms with E-state index in [-0.39, 0.29) is 5.91 Å². The highest BCUT2D eigenvalue weighted by Gasteiger charge is 2.21. The van der Waals surface area contributed by atoms with Gasteiger partial charge < -0.3 is 5.32 Å². The van der Waals surface area contributed by atoms with Crippen LogP contribution in [-0.2, 0) is 13.5 Å². The molecule has 4 heteroatoms. The monoisotopic (exact) mass is 283 g/mol. The molecule has 0 spiro atoms. The summed E-state index contributed by atoms with van der Waals surface area (Å²) < 4.78 is 1.68. The zero-order valence-electron chi connectivity index (χ0n) is 12.6. The predicted molar refractivity (Wildman–Crippen MR) is 82.4 cm³/mol. The van der Waals surface area contributed by atoms with Crippen LogP contribution >= 0.6 is 0 Å². The van der Waals surface area contributed by atoms with Crippen molar-refractivity contribution in [2.75, 3.05) is 6.54 Å². The van der Waals surface area contributed by atoms with Gasteiger partial charge in [-0.1, -0.05) is 24.3 Å². The van der Waals surface area contributed by atoms with Crippen molar-refractivity contribution in [3.05, 3.63) is 52.8 Å².